The third kappa shape index (κ3) is 4.38. The van der Waals surface area contributed by atoms with Crippen LogP contribution < -0.4 is 10.2 Å². The minimum absolute atomic E-state index is 0.0389. The molecule has 8 heteroatoms. The van der Waals surface area contributed by atoms with Crippen molar-refractivity contribution in [2.45, 2.75) is 0 Å². The fourth-order valence-electron chi connectivity index (χ4n) is 3.35. The third-order valence-electron chi connectivity index (χ3n) is 4.90. The molecule has 0 bridgehead atoms. The van der Waals surface area contributed by atoms with Crippen molar-refractivity contribution in [3.8, 4) is 0 Å². The Morgan fingerprint density at radius 1 is 0.906 bits per heavy atom. The highest BCUT2D eigenvalue weighted by molar-refractivity contribution is 6.30. The van der Waals surface area contributed by atoms with E-state index in [1.807, 2.05) is 0 Å². The molecule has 0 fully saturated rings. The van der Waals surface area contributed by atoms with Crippen molar-refractivity contribution < 1.29 is 23.9 Å². The molecular formula is C24H17ClN2O5. The summed E-state index contributed by atoms with van der Waals surface area (Å²) in [5.41, 5.74) is 1.57. The molecule has 1 aliphatic heterocycles. The first-order chi connectivity index (χ1) is 15.4. The van der Waals surface area contributed by atoms with Gasteiger partial charge in [0, 0.05) is 16.1 Å². The average Bonchev–Trinajstić information content (AvgIpc) is 2.81. The molecular weight excluding hydrogens is 432 g/mol. The second kappa shape index (κ2) is 9.03. The number of carbonyl (C=O) groups excluding carboxylic acids is 4. The fourth-order valence-corrected chi connectivity index (χ4v) is 3.48. The SMILES string of the molecule is O=C1CN(C(=O)COC(=O)c2ccccc2C(=O)c2ccc(Cl)cc2)c2ccccc2N1. The molecule has 0 aromatic heterocycles. The Morgan fingerprint density at radius 2 is 1.56 bits per heavy atom. The van der Waals surface area contributed by atoms with E-state index in [1.54, 1.807) is 60.7 Å². The summed E-state index contributed by atoms with van der Waals surface area (Å²) in [4.78, 5) is 51.5. The molecule has 160 valence electrons. The van der Waals surface area contributed by atoms with E-state index < -0.39 is 18.5 Å². The van der Waals surface area contributed by atoms with Crippen molar-refractivity contribution in [3.05, 3.63) is 94.5 Å². The summed E-state index contributed by atoms with van der Waals surface area (Å²) in [6.07, 6.45) is 0. The summed E-state index contributed by atoms with van der Waals surface area (Å²) < 4.78 is 5.20. The zero-order valence-electron chi connectivity index (χ0n) is 16.7. The summed E-state index contributed by atoms with van der Waals surface area (Å²) >= 11 is 5.87. The zero-order chi connectivity index (χ0) is 22.7. The van der Waals surface area contributed by atoms with Crippen LogP contribution in [0.3, 0.4) is 0 Å². The van der Waals surface area contributed by atoms with Gasteiger partial charge in [0.1, 0.15) is 6.54 Å². The van der Waals surface area contributed by atoms with Gasteiger partial charge in [0.05, 0.1) is 16.9 Å². The van der Waals surface area contributed by atoms with Gasteiger partial charge in [-0.1, -0.05) is 41.9 Å². The Hall–Kier alpha value is -3.97. The minimum atomic E-state index is -0.814. The van der Waals surface area contributed by atoms with Crippen LogP contribution in [0.4, 0.5) is 11.4 Å². The van der Waals surface area contributed by atoms with E-state index in [1.165, 1.54) is 17.0 Å². The van der Waals surface area contributed by atoms with Gasteiger partial charge in [-0.15, -0.1) is 0 Å². The second-order valence-electron chi connectivity index (χ2n) is 7.00. The van der Waals surface area contributed by atoms with Crippen LogP contribution in [0.5, 0.6) is 0 Å². The molecule has 2 amide bonds. The maximum Gasteiger partial charge on any atom is 0.339 e. The van der Waals surface area contributed by atoms with E-state index in [4.69, 9.17) is 16.3 Å². The molecule has 1 aliphatic rings. The zero-order valence-corrected chi connectivity index (χ0v) is 17.5. The van der Waals surface area contributed by atoms with Crippen molar-refractivity contribution in [1.29, 1.82) is 0 Å². The van der Waals surface area contributed by atoms with Crippen molar-refractivity contribution in [1.82, 2.24) is 0 Å². The maximum absolute atomic E-state index is 12.9. The lowest BCUT2D eigenvalue weighted by molar-refractivity contribution is -0.124. The number of anilines is 2. The van der Waals surface area contributed by atoms with E-state index in [2.05, 4.69) is 5.32 Å². The monoisotopic (exact) mass is 448 g/mol. The second-order valence-corrected chi connectivity index (χ2v) is 7.44. The van der Waals surface area contributed by atoms with Gasteiger partial charge in [-0.3, -0.25) is 19.3 Å². The van der Waals surface area contributed by atoms with Crippen LogP contribution in [0.15, 0.2) is 72.8 Å². The van der Waals surface area contributed by atoms with E-state index in [-0.39, 0.29) is 29.4 Å². The number of amides is 2. The molecule has 3 aromatic rings. The van der Waals surface area contributed by atoms with Crippen LogP contribution >= 0.6 is 11.6 Å². The molecule has 1 heterocycles. The number of ketones is 1. The number of fused-ring (bicyclic) bond motifs is 1. The summed E-state index contributed by atoms with van der Waals surface area (Å²) in [6.45, 7) is -0.761. The van der Waals surface area contributed by atoms with Gasteiger partial charge in [-0.25, -0.2) is 4.79 Å². The van der Waals surface area contributed by atoms with Crippen molar-refractivity contribution in [2.75, 3.05) is 23.4 Å². The van der Waals surface area contributed by atoms with Crippen molar-refractivity contribution >= 4 is 46.5 Å². The van der Waals surface area contributed by atoms with Gasteiger partial charge in [0.25, 0.3) is 5.91 Å². The number of para-hydroxylation sites is 2. The molecule has 0 radical (unpaired) electrons. The van der Waals surface area contributed by atoms with E-state index in [0.29, 0.717) is 22.0 Å². The summed E-state index contributed by atoms with van der Waals surface area (Å²) in [5.74, 6) is -2.09. The van der Waals surface area contributed by atoms with E-state index >= 15 is 0 Å². The van der Waals surface area contributed by atoms with Gasteiger partial charge in [-0.2, -0.15) is 0 Å². The Bertz CT molecular complexity index is 1220. The molecule has 0 saturated carbocycles. The number of hydrogen-bond donors (Lipinski definition) is 1. The van der Waals surface area contributed by atoms with Crippen molar-refractivity contribution in [2.24, 2.45) is 0 Å². The summed E-state index contributed by atoms with van der Waals surface area (Å²) in [5, 5.41) is 3.17. The average molecular weight is 449 g/mol. The number of carbonyl (C=O) groups is 4. The molecule has 1 N–H and O–H groups in total. The van der Waals surface area contributed by atoms with Crippen LogP contribution in [0, 0.1) is 0 Å². The topological polar surface area (TPSA) is 92.8 Å². The lowest BCUT2D eigenvalue weighted by Crippen LogP contribution is -2.44. The normalized spacial score (nSPS) is 12.5. The standard InChI is InChI=1S/C24H17ClN2O5/c25-16-11-9-15(10-12-16)23(30)17-5-1-2-6-18(17)24(31)32-14-22(29)27-13-21(28)26-19-7-3-4-8-20(19)27/h1-12H,13-14H2,(H,26,28). The number of hydrogen-bond acceptors (Lipinski definition) is 5. The van der Waals surface area contributed by atoms with Crippen LogP contribution in [-0.4, -0.2) is 36.7 Å². The molecule has 0 saturated heterocycles. The summed E-state index contributed by atoms with van der Waals surface area (Å²) in [7, 11) is 0. The number of nitrogens with one attached hydrogen (secondary N) is 1. The molecule has 0 unspecified atom stereocenters. The number of rotatable bonds is 5. The first-order valence-electron chi connectivity index (χ1n) is 9.69. The maximum atomic E-state index is 12.9. The van der Waals surface area contributed by atoms with Crippen LogP contribution in [-0.2, 0) is 14.3 Å². The van der Waals surface area contributed by atoms with Gasteiger partial charge in [0.15, 0.2) is 12.4 Å². The minimum Gasteiger partial charge on any atom is -0.452 e. The number of halogens is 1. The van der Waals surface area contributed by atoms with Gasteiger partial charge >= 0.3 is 5.97 Å². The molecule has 4 rings (SSSR count). The number of ether oxygens (including phenoxy) is 1. The molecule has 32 heavy (non-hydrogen) atoms. The highest BCUT2D eigenvalue weighted by atomic mass is 35.5. The Balaban J connectivity index is 1.50. The lowest BCUT2D eigenvalue weighted by Gasteiger charge is -2.28. The molecule has 0 aliphatic carbocycles. The Kier molecular flexibility index (Phi) is 6.00. The van der Waals surface area contributed by atoms with Gasteiger partial charge < -0.3 is 10.1 Å². The van der Waals surface area contributed by atoms with Gasteiger partial charge in [-0.05, 0) is 42.5 Å². The Morgan fingerprint density at radius 3 is 2.31 bits per heavy atom. The lowest BCUT2D eigenvalue weighted by atomic mass is 9.98. The van der Waals surface area contributed by atoms with Crippen LogP contribution in [0.25, 0.3) is 0 Å². The predicted molar refractivity (Wildman–Crippen MR) is 119 cm³/mol. The fraction of sp³-hybridized carbons (Fsp3) is 0.0833. The quantitative estimate of drug-likeness (QED) is 0.474. The first-order valence-corrected chi connectivity index (χ1v) is 10.1. The largest absolute Gasteiger partial charge is 0.452 e. The smallest absolute Gasteiger partial charge is 0.339 e. The van der Waals surface area contributed by atoms with E-state index in [9.17, 15) is 19.2 Å². The van der Waals surface area contributed by atoms with Gasteiger partial charge in [0.2, 0.25) is 5.91 Å². The molecule has 0 atom stereocenters. The number of nitrogens with zero attached hydrogens (tertiary/aromatic N) is 1. The first kappa shape index (κ1) is 21.3. The molecule has 7 nitrogen and oxygen atoms in total. The predicted octanol–water partition coefficient (Wildman–Crippen LogP) is 3.71. The Labute approximate surface area is 188 Å². The van der Waals surface area contributed by atoms with Crippen LogP contribution in [0.1, 0.15) is 26.3 Å². The summed E-state index contributed by atoms with van der Waals surface area (Å²) in [6, 6.07) is 19.3. The number of benzene rings is 3. The number of esters is 1. The van der Waals surface area contributed by atoms with E-state index in [0.717, 1.165) is 0 Å². The van der Waals surface area contributed by atoms with Crippen molar-refractivity contribution in [3.63, 3.8) is 0 Å². The highest BCUT2D eigenvalue weighted by Gasteiger charge is 2.28. The third-order valence-corrected chi connectivity index (χ3v) is 5.15. The molecule has 0 spiro atoms. The molecule has 3 aromatic carbocycles. The van der Waals surface area contributed by atoms with Crippen LogP contribution in [0.2, 0.25) is 5.02 Å². The highest BCUT2D eigenvalue weighted by Crippen LogP contribution is 2.29.